The Balaban J connectivity index is 2.21. The number of carbonyl (C=O) groups is 1. The highest BCUT2D eigenvalue weighted by atomic mass is 35.5. The fraction of sp³-hybridized carbons (Fsp3) is 0.150. The minimum absolute atomic E-state index is 0.0812. The molecular formula is C20H20ClN3O5. The SMILES string of the molecule is COCCOc1cc(N)c(C(=N)/C(O)=C/C(=N)c2ccc(C(=O)O)cc2)cc1Cl. The summed E-state index contributed by atoms with van der Waals surface area (Å²) >= 11 is 6.16. The number of carboxylic acid groups (broad SMARTS) is 1. The van der Waals surface area contributed by atoms with Crippen LogP contribution >= 0.6 is 11.6 Å². The molecule has 2 aromatic carbocycles. The van der Waals surface area contributed by atoms with Crippen molar-refractivity contribution in [1.82, 2.24) is 0 Å². The fourth-order valence-corrected chi connectivity index (χ4v) is 2.57. The number of nitrogens with one attached hydrogen (secondary N) is 2. The molecule has 0 atom stereocenters. The van der Waals surface area contributed by atoms with Crippen LogP contribution in [0.4, 0.5) is 5.69 Å². The van der Waals surface area contributed by atoms with E-state index in [0.29, 0.717) is 17.9 Å². The van der Waals surface area contributed by atoms with E-state index in [9.17, 15) is 9.90 Å². The van der Waals surface area contributed by atoms with E-state index in [1.807, 2.05) is 0 Å². The van der Waals surface area contributed by atoms with Crippen molar-refractivity contribution in [3.63, 3.8) is 0 Å². The summed E-state index contributed by atoms with van der Waals surface area (Å²) < 4.78 is 10.3. The molecule has 0 saturated heterocycles. The maximum atomic E-state index is 10.9. The molecule has 0 aliphatic rings. The van der Waals surface area contributed by atoms with Gasteiger partial charge in [0.1, 0.15) is 23.8 Å². The second kappa shape index (κ2) is 9.72. The van der Waals surface area contributed by atoms with Gasteiger partial charge in [-0.15, -0.1) is 0 Å². The van der Waals surface area contributed by atoms with Crippen LogP contribution < -0.4 is 10.5 Å². The van der Waals surface area contributed by atoms with Crippen molar-refractivity contribution >= 4 is 34.7 Å². The number of methoxy groups -OCH3 is 1. The molecule has 0 bridgehead atoms. The number of aromatic carboxylic acids is 1. The number of hydrogen-bond donors (Lipinski definition) is 5. The summed E-state index contributed by atoms with van der Waals surface area (Å²) in [7, 11) is 1.54. The number of ether oxygens (including phenoxy) is 2. The van der Waals surface area contributed by atoms with Crippen molar-refractivity contribution < 1.29 is 24.5 Å². The van der Waals surface area contributed by atoms with E-state index in [1.54, 1.807) is 0 Å². The molecule has 0 fully saturated rings. The van der Waals surface area contributed by atoms with Gasteiger partial charge in [-0.25, -0.2) is 4.79 Å². The molecule has 0 heterocycles. The number of anilines is 1. The van der Waals surface area contributed by atoms with Crippen LogP contribution in [0, 0.1) is 10.8 Å². The van der Waals surface area contributed by atoms with E-state index >= 15 is 0 Å². The van der Waals surface area contributed by atoms with Gasteiger partial charge in [0.15, 0.2) is 0 Å². The molecule has 0 aromatic heterocycles. The first kappa shape index (κ1) is 21.9. The fourth-order valence-electron chi connectivity index (χ4n) is 2.35. The minimum Gasteiger partial charge on any atom is -0.506 e. The van der Waals surface area contributed by atoms with Gasteiger partial charge in [0.25, 0.3) is 0 Å². The van der Waals surface area contributed by atoms with Crippen LogP contribution in [0.1, 0.15) is 21.5 Å². The lowest BCUT2D eigenvalue weighted by Gasteiger charge is -2.13. The summed E-state index contributed by atoms with van der Waals surface area (Å²) in [6.07, 6.45) is 1.08. The second-order valence-corrected chi connectivity index (χ2v) is 6.32. The van der Waals surface area contributed by atoms with Gasteiger partial charge >= 0.3 is 5.97 Å². The van der Waals surface area contributed by atoms with Crippen molar-refractivity contribution in [2.24, 2.45) is 0 Å². The molecule has 0 spiro atoms. The smallest absolute Gasteiger partial charge is 0.335 e. The normalized spacial score (nSPS) is 11.2. The zero-order valence-corrected chi connectivity index (χ0v) is 16.3. The molecule has 0 saturated carbocycles. The molecule has 0 radical (unpaired) electrons. The van der Waals surface area contributed by atoms with Crippen LogP contribution in [0.5, 0.6) is 5.75 Å². The Morgan fingerprint density at radius 2 is 1.76 bits per heavy atom. The topological polar surface area (TPSA) is 150 Å². The first-order valence-corrected chi connectivity index (χ1v) is 8.75. The number of aliphatic hydroxyl groups is 1. The monoisotopic (exact) mass is 417 g/mol. The third-order valence-corrected chi connectivity index (χ3v) is 4.19. The van der Waals surface area contributed by atoms with Gasteiger partial charge in [-0.05, 0) is 23.8 Å². The Bertz CT molecular complexity index is 971. The summed E-state index contributed by atoms with van der Waals surface area (Å²) in [5.41, 5.74) is 6.35. The van der Waals surface area contributed by atoms with E-state index < -0.39 is 11.7 Å². The number of halogens is 1. The molecule has 152 valence electrons. The Kier molecular flexibility index (Phi) is 7.35. The highest BCUT2D eigenvalue weighted by molar-refractivity contribution is 6.33. The maximum Gasteiger partial charge on any atom is 0.335 e. The number of hydrogen-bond acceptors (Lipinski definition) is 7. The maximum absolute atomic E-state index is 10.9. The lowest BCUT2D eigenvalue weighted by molar-refractivity contribution is 0.0697. The molecule has 2 aromatic rings. The van der Waals surface area contributed by atoms with Gasteiger partial charge in [0.05, 0.1) is 22.9 Å². The molecule has 29 heavy (non-hydrogen) atoms. The van der Waals surface area contributed by atoms with Crippen molar-refractivity contribution in [3.8, 4) is 5.75 Å². The molecule has 2 rings (SSSR count). The number of rotatable bonds is 9. The van der Waals surface area contributed by atoms with E-state index in [1.165, 1.54) is 43.5 Å². The van der Waals surface area contributed by atoms with E-state index in [0.717, 1.165) is 6.08 Å². The zero-order valence-electron chi connectivity index (χ0n) is 15.5. The van der Waals surface area contributed by atoms with E-state index in [-0.39, 0.29) is 39.9 Å². The molecule has 0 amide bonds. The summed E-state index contributed by atoms with van der Waals surface area (Å²) in [6, 6.07) is 8.43. The van der Waals surface area contributed by atoms with Crippen molar-refractivity contribution in [1.29, 1.82) is 10.8 Å². The third-order valence-electron chi connectivity index (χ3n) is 3.90. The van der Waals surface area contributed by atoms with Gasteiger partial charge in [-0.2, -0.15) is 0 Å². The lowest BCUT2D eigenvalue weighted by Crippen LogP contribution is -2.10. The first-order chi connectivity index (χ1) is 13.7. The average Bonchev–Trinajstić information content (AvgIpc) is 2.69. The van der Waals surface area contributed by atoms with Crippen LogP contribution in [0.15, 0.2) is 48.2 Å². The average molecular weight is 418 g/mol. The van der Waals surface area contributed by atoms with Crippen LogP contribution in [-0.2, 0) is 4.74 Å². The summed E-state index contributed by atoms with van der Waals surface area (Å²) in [6.45, 7) is 0.641. The Morgan fingerprint density at radius 1 is 1.14 bits per heavy atom. The van der Waals surface area contributed by atoms with E-state index in [2.05, 4.69) is 0 Å². The molecule has 6 N–H and O–H groups in total. The van der Waals surface area contributed by atoms with Crippen LogP contribution in [0.25, 0.3) is 0 Å². The second-order valence-electron chi connectivity index (χ2n) is 5.91. The van der Waals surface area contributed by atoms with E-state index in [4.69, 9.17) is 42.7 Å². The molecule has 9 heteroatoms. The van der Waals surface area contributed by atoms with Crippen molar-refractivity contribution in [2.45, 2.75) is 0 Å². The molecule has 0 aliphatic carbocycles. The van der Waals surface area contributed by atoms with Gasteiger partial charge in [0, 0.05) is 30.5 Å². The Labute approximate surface area is 172 Å². The molecule has 8 nitrogen and oxygen atoms in total. The largest absolute Gasteiger partial charge is 0.506 e. The van der Waals surface area contributed by atoms with Gasteiger partial charge in [-0.3, -0.25) is 5.41 Å². The summed E-state index contributed by atoms with van der Waals surface area (Å²) in [5.74, 6) is -1.24. The van der Waals surface area contributed by atoms with Gasteiger partial charge in [-0.1, -0.05) is 23.7 Å². The summed E-state index contributed by atoms with van der Waals surface area (Å²) in [4.78, 5) is 10.9. The zero-order chi connectivity index (χ0) is 21.6. The Hall–Kier alpha value is -3.36. The quantitative estimate of drug-likeness (QED) is 0.182. The third kappa shape index (κ3) is 5.56. The van der Waals surface area contributed by atoms with Crippen LogP contribution in [-0.4, -0.2) is 47.9 Å². The van der Waals surface area contributed by atoms with Gasteiger partial charge < -0.3 is 30.8 Å². The number of aliphatic hydroxyl groups excluding tert-OH is 1. The minimum atomic E-state index is -1.08. The molecular weight excluding hydrogens is 398 g/mol. The highest BCUT2D eigenvalue weighted by Crippen LogP contribution is 2.31. The van der Waals surface area contributed by atoms with Crippen LogP contribution in [0.2, 0.25) is 5.02 Å². The Morgan fingerprint density at radius 3 is 2.34 bits per heavy atom. The first-order valence-electron chi connectivity index (χ1n) is 8.37. The van der Waals surface area contributed by atoms with Crippen LogP contribution in [0.3, 0.4) is 0 Å². The standard InChI is InChI=1S/C20H20ClN3O5/c1-28-6-7-29-18-10-16(23)13(8-14(18)21)19(24)17(25)9-15(22)11-2-4-12(5-3-11)20(26)27/h2-5,8-10,22,24-25H,6-7,23H2,1H3,(H,26,27)/b17-9-,22-15?,24-19?. The number of nitrogen functional groups attached to an aromatic ring is 1. The van der Waals surface area contributed by atoms with Gasteiger partial charge in [0.2, 0.25) is 0 Å². The lowest BCUT2D eigenvalue weighted by atomic mass is 10.0. The number of nitrogens with two attached hydrogens (primary N) is 1. The summed E-state index contributed by atoms with van der Waals surface area (Å²) in [5, 5.41) is 35.6. The highest BCUT2D eigenvalue weighted by Gasteiger charge is 2.15. The predicted molar refractivity (Wildman–Crippen MR) is 111 cm³/mol. The number of benzene rings is 2. The van der Waals surface area contributed by atoms with Crippen molar-refractivity contribution in [3.05, 3.63) is 69.9 Å². The number of allylic oxidation sites excluding steroid dienone is 2. The predicted octanol–water partition coefficient (Wildman–Crippen LogP) is 3.52. The van der Waals surface area contributed by atoms with Crippen molar-refractivity contribution in [2.75, 3.05) is 26.1 Å². The number of carboxylic acids is 1. The molecule has 0 aliphatic heterocycles. The molecule has 0 unspecified atom stereocenters.